The second-order valence-electron chi connectivity index (χ2n) is 8.31. The van der Waals surface area contributed by atoms with Gasteiger partial charge in [-0.1, -0.05) is 48.5 Å². The van der Waals surface area contributed by atoms with Crippen LogP contribution in [0.2, 0.25) is 0 Å². The predicted molar refractivity (Wildman–Crippen MR) is 95.4 cm³/mol. The largest absolute Gasteiger partial charge is 0.143 e. The van der Waals surface area contributed by atoms with Crippen molar-refractivity contribution in [2.45, 2.75) is 58.8 Å². The zero-order valence-electron chi connectivity index (χ0n) is 13.2. The lowest BCUT2D eigenvalue weighted by molar-refractivity contribution is 0.438. The van der Waals surface area contributed by atoms with Crippen molar-refractivity contribution in [2.75, 3.05) is 0 Å². The minimum Gasteiger partial charge on any atom is -0.143 e. The van der Waals surface area contributed by atoms with Crippen molar-refractivity contribution in [2.24, 2.45) is 0 Å². The lowest BCUT2D eigenvalue weighted by atomic mass is 9.75. The van der Waals surface area contributed by atoms with Gasteiger partial charge in [0.25, 0.3) is 0 Å². The average Bonchev–Trinajstić information content (AvgIpc) is 2.87. The van der Waals surface area contributed by atoms with E-state index in [1.165, 1.54) is 25.7 Å². The highest BCUT2D eigenvalue weighted by molar-refractivity contribution is 8.10. The molecule has 1 heteroatoms. The first-order valence-electron chi connectivity index (χ1n) is 9.26. The standard InChI is InChI=1S/C22H20S/c1-2-6-14-13(5-1)17-9-10-18(14)21(17)22(23-21)19-11-12-20(22)16-8-4-3-7-15(16)19/h1-8,17-20H,9-12H2/t17-,18+,19-,20+,21?,22?. The smallest absolute Gasteiger partial charge is 0.0462 e. The third-order valence-electron chi connectivity index (χ3n) is 7.96. The summed E-state index contributed by atoms with van der Waals surface area (Å²) in [7, 11) is 0. The highest BCUT2D eigenvalue weighted by atomic mass is 32.2. The highest BCUT2D eigenvalue weighted by Crippen LogP contribution is 2.92. The maximum absolute atomic E-state index is 2.44. The van der Waals surface area contributed by atoms with E-state index >= 15 is 0 Å². The summed E-state index contributed by atoms with van der Waals surface area (Å²) in [4.78, 5) is 0. The molecule has 4 aliphatic carbocycles. The summed E-state index contributed by atoms with van der Waals surface area (Å²) in [5.41, 5.74) is 6.85. The van der Waals surface area contributed by atoms with E-state index in [1.54, 1.807) is 22.3 Å². The van der Waals surface area contributed by atoms with Gasteiger partial charge >= 0.3 is 0 Å². The Hall–Kier alpha value is -1.21. The summed E-state index contributed by atoms with van der Waals surface area (Å²) in [5.74, 6) is 3.36. The van der Waals surface area contributed by atoms with Crippen LogP contribution in [0.25, 0.3) is 0 Å². The van der Waals surface area contributed by atoms with E-state index in [0.29, 0.717) is 9.49 Å². The Bertz CT molecular complexity index is 732. The molecular weight excluding hydrogens is 296 g/mol. The van der Waals surface area contributed by atoms with Gasteiger partial charge < -0.3 is 0 Å². The van der Waals surface area contributed by atoms with Gasteiger partial charge in [-0.25, -0.2) is 0 Å². The van der Waals surface area contributed by atoms with E-state index in [9.17, 15) is 0 Å². The van der Waals surface area contributed by atoms with E-state index < -0.39 is 0 Å². The van der Waals surface area contributed by atoms with Crippen molar-refractivity contribution in [3.63, 3.8) is 0 Å². The van der Waals surface area contributed by atoms with Crippen molar-refractivity contribution in [1.29, 1.82) is 0 Å². The molecule has 1 heterocycles. The zero-order chi connectivity index (χ0) is 14.8. The van der Waals surface area contributed by atoms with Gasteiger partial charge in [0.05, 0.1) is 0 Å². The van der Waals surface area contributed by atoms with Gasteiger partial charge in [0.1, 0.15) is 0 Å². The van der Waals surface area contributed by atoms with Crippen LogP contribution in [0.5, 0.6) is 0 Å². The number of thioether (sulfide) groups is 1. The van der Waals surface area contributed by atoms with Crippen LogP contribution in [0.15, 0.2) is 48.5 Å². The molecule has 1 aliphatic heterocycles. The van der Waals surface area contributed by atoms with Crippen LogP contribution in [0.1, 0.15) is 71.6 Å². The number of hydrogen-bond acceptors (Lipinski definition) is 1. The molecule has 2 aromatic carbocycles. The molecule has 2 unspecified atom stereocenters. The molecule has 0 aromatic heterocycles. The first kappa shape index (κ1) is 12.2. The second kappa shape index (κ2) is 3.57. The fourth-order valence-electron chi connectivity index (χ4n) is 7.47. The Balaban J connectivity index is 1.45. The van der Waals surface area contributed by atoms with E-state index in [0.717, 1.165) is 23.7 Å². The SMILES string of the molecule is c1ccc2c(c1)[C@H]1CC[C@@H]2C12SC21[C@@H]2CC[C@H]1c1ccccc12. The minimum atomic E-state index is 0.557. The molecule has 0 N–H and O–H groups in total. The van der Waals surface area contributed by atoms with E-state index in [-0.39, 0.29) is 0 Å². The van der Waals surface area contributed by atoms with Crippen LogP contribution in [0.4, 0.5) is 0 Å². The molecule has 1 saturated heterocycles. The second-order valence-corrected chi connectivity index (χ2v) is 9.87. The number of benzene rings is 2. The fraction of sp³-hybridized carbons (Fsp3) is 0.455. The predicted octanol–water partition coefficient (Wildman–Crippen LogP) is 5.56. The molecule has 6 atom stereocenters. The van der Waals surface area contributed by atoms with Gasteiger partial charge in [0, 0.05) is 33.2 Å². The van der Waals surface area contributed by atoms with Crippen molar-refractivity contribution in [3.8, 4) is 0 Å². The average molecular weight is 316 g/mol. The summed E-state index contributed by atoms with van der Waals surface area (Å²) < 4.78 is 1.11. The molecule has 114 valence electrons. The third kappa shape index (κ3) is 1.05. The molecule has 7 rings (SSSR count). The molecule has 0 nitrogen and oxygen atoms in total. The lowest BCUT2D eigenvalue weighted by Gasteiger charge is -2.24. The van der Waals surface area contributed by atoms with Crippen molar-refractivity contribution in [1.82, 2.24) is 0 Å². The van der Waals surface area contributed by atoms with Crippen molar-refractivity contribution < 1.29 is 0 Å². The normalized spacial score (nSPS) is 46.6. The number of rotatable bonds is 0. The molecule has 4 bridgehead atoms. The van der Waals surface area contributed by atoms with Gasteiger partial charge in [-0.2, -0.15) is 0 Å². The molecule has 3 fully saturated rings. The summed E-state index contributed by atoms with van der Waals surface area (Å²) in [6.45, 7) is 0. The molecule has 5 aliphatic rings. The number of fused-ring (bicyclic) bond motifs is 6. The van der Waals surface area contributed by atoms with Gasteiger partial charge in [-0.3, -0.25) is 0 Å². The molecule has 0 radical (unpaired) electrons. The van der Waals surface area contributed by atoms with Crippen LogP contribution in [-0.2, 0) is 0 Å². The van der Waals surface area contributed by atoms with Crippen LogP contribution < -0.4 is 0 Å². The van der Waals surface area contributed by atoms with E-state index in [2.05, 4.69) is 60.3 Å². The van der Waals surface area contributed by atoms with E-state index in [4.69, 9.17) is 0 Å². The van der Waals surface area contributed by atoms with E-state index in [1.807, 2.05) is 0 Å². The van der Waals surface area contributed by atoms with Gasteiger partial charge in [-0.15, -0.1) is 11.8 Å². The topological polar surface area (TPSA) is 0 Å². The first-order chi connectivity index (χ1) is 11.4. The zero-order valence-corrected chi connectivity index (χ0v) is 14.0. The Morgan fingerprint density at radius 3 is 1.17 bits per heavy atom. The minimum absolute atomic E-state index is 0.557. The summed E-state index contributed by atoms with van der Waals surface area (Å²) in [5, 5.41) is 0. The molecule has 2 spiro atoms. The summed E-state index contributed by atoms with van der Waals surface area (Å²) in [6, 6.07) is 18.8. The first-order valence-corrected chi connectivity index (χ1v) is 10.1. The van der Waals surface area contributed by atoms with Gasteiger partial charge in [0.15, 0.2) is 0 Å². The summed E-state index contributed by atoms with van der Waals surface area (Å²) in [6.07, 6.45) is 5.75. The molecule has 23 heavy (non-hydrogen) atoms. The fourth-order valence-corrected chi connectivity index (χ4v) is 10.1. The third-order valence-corrected chi connectivity index (χ3v) is 10.2. The Morgan fingerprint density at radius 1 is 0.565 bits per heavy atom. The molecule has 2 saturated carbocycles. The highest BCUT2D eigenvalue weighted by Gasteiger charge is 2.86. The molecular formula is C22H20S. The molecule has 0 amide bonds. The lowest BCUT2D eigenvalue weighted by Crippen LogP contribution is -2.31. The van der Waals surface area contributed by atoms with Gasteiger partial charge in [-0.05, 0) is 47.9 Å². The maximum atomic E-state index is 2.44. The van der Waals surface area contributed by atoms with Crippen LogP contribution in [0.3, 0.4) is 0 Å². The van der Waals surface area contributed by atoms with Crippen LogP contribution in [-0.4, -0.2) is 9.49 Å². The van der Waals surface area contributed by atoms with Crippen LogP contribution >= 0.6 is 11.8 Å². The monoisotopic (exact) mass is 316 g/mol. The van der Waals surface area contributed by atoms with Gasteiger partial charge in [0.2, 0.25) is 0 Å². The van der Waals surface area contributed by atoms with Crippen molar-refractivity contribution in [3.05, 3.63) is 70.8 Å². The Labute approximate surface area is 141 Å². The maximum Gasteiger partial charge on any atom is 0.0462 e. The quantitative estimate of drug-likeness (QED) is 0.573. The summed E-state index contributed by atoms with van der Waals surface area (Å²) >= 11 is 2.43. The Kier molecular flexibility index (Phi) is 1.89. The van der Waals surface area contributed by atoms with Crippen LogP contribution in [0, 0.1) is 0 Å². The Morgan fingerprint density at radius 2 is 0.870 bits per heavy atom. The number of hydrogen-bond donors (Lipinski definition) is 0. The van der Waals surface area contributed by atoms with Crippen molar-refractivity contribution >= 4 is 11.8 Å². The molecule has 2 aromatic rings.